The van der Waals surface area contributed by atoms with Crippen molar-refractivity contribution in [2.24, 2.45) is 5.92 Å². The molecule has 2 aliphatic rings. The molecule has 1 aromatic carbocycles. The average Bonchev–Trinajstić information content (AvgIpc) is 3.10. The summed E-state index contributed by atoms with van der Waals surface area (Å²) < 4.78 is 49.1. The summed E-state index contributed by atoms with van der Waals surface area (Å²) in [7, 11) is 1.55. The molecule has 3 heterocycles. The zero-order chi connectivity index (χ0) is 20.1. The number of fused-ring (bicyclic) bond motifs is 1. The molecule has 9 heteroatoms. The van der Waals surface area contributed by atoms with Crippen molar-refractivity contribution in [1.82, 2.24) is 9.88 Å². The maximum atomic E-state index is 13.8. The Bertz CT molecular complexity index is 966. The van der Waals surface area contributed by atoms with Gasteiger partial charge < -0.3 is 14.4 Å². The molecule has 2 aromatic rings. The molecule has 2 atom stereocenters. The van der Waals surface area contributed by atoms with Crippen LogP contribution in [0.5, 0.6) is 11.5 Å². The second kappa shape index (κ2) is 6.50. The van der Waals surface area contributed by atoms with Gasteiger partial charge in [-0.05, 0) is 23.8 Å². The van der Waals surface area contributed by atoms with Gasteiger partial charge in [-0.2, -0.15) is 4.39 Å². The number of alkyl halides is 2. The Morgan fingerprint density at radius 2 is 2.04 bits per heavy atom. The second-order valence-electron chi connectivity index (χ2n) is 6.77. The zero-order valence-electron chi connectivity index (χ0n) is 14.7. The number of aromatic nitrogens is 1. The number of Topliss-reactive ketones (excluding diaryl/α,β-unsaturated/α-hetero) is 1. The lowest BCUT2D eigenvalue weighted by Gasteiger charge is -2.16. The molecule has 6 nitrogen and oxygen atoms in total. The van der Waals surface area contributed by atoms with E-state index in [1.54, 1.807) is 7.05 Å². The standard InChI is InChI=1S/C19H15F3N2O4/c1-24-9-12(10-4-5-14-15(8-10)28-19(21,22)27-14)16(18(24)26)13(25)7-11-3-2-6-23-17(11)20/h2-6,8,12,16H,7,9H2,1H3/t12-,16+/m1/s1. The Balaban J connectivity index is 1.62. The molecule has 1 aromatic heterocycles. The Morgan fingerprint density at radius 1 is 1.29 bits per heavy atom. The minimum Gasteiger partial charge on any atom is -0.395 e. The lowest BCUT2D eigenvalue weighted by Crippen LogP contribution is -2.29. The van der Waals surface area contributed by atoms with Crippen LogP contribution in [0, 0.1) is 11.9 Å². The monoisotopic (exact) mass is 392 g/mol. The molecule has 0 unspecified atom stereocenters. The van der Waals surface area contributed by atoms with Gasteiger partial charge in [-0.3, -0.25) is 9.59 Å². The van der Waals surface area contributed by atoms with Crippen molar-refractivity contribution < 1.29 is 32.2 Å². The fourth-order valence-electron chi connectivity index (χ4n) is 3.61. The molecular weight excluding hydrogens is 377 g/mol. The van der Waals surface area contributed by atoms with E-state index in [1.165, 1.54) is 41.4 Å². The summed E-state index contributed by atoms with van der Waals surface area (Å²) in [5, 5.41) is 0. The molecule has 1 amide bonds. The van der Waals surface area contributed by atoms with Crippen LogP contribution in [0.2, 0.25) is 0 Å². The molecule has 4 rings (SSSR count). The van der Waals surface area contributed by atoms with Crippen LogP contribution < -0.4 is 9.47 Å². The maximum Gasteiger partial charge on any atom is 0.586 e. The Kier molecular flexibility index (Phi) is 4.24. The SMILES string of the molecule is CN1C[C@H](c2ccc3c(c2)OC(F)(F)O3)[C@@H](C(=O)Cc2cccnc2F)C1=O. The normalized spacial score (nSPS) is 22.6. The number of rotatable bonds is 4. The summed E-state index contributed by atoms with van der Waals surface area (Å²) >= 11 is 0. The number of carbonyl (C=O) groups excluding carboxylic acids is 2. The molecule has 1 fully saturated rings. The molecule has 1 saturated heterocycles. The van der Waals surface area contributed by atoms with Gasteiger partial charge in [0, 0.05) is 37.7 Å². The smallest absolute Gasteiger partial charge is 0.395 e. The number of likely N-dealkylation sites (N-methyl/N-ethyl adjacent to an activating group) is 1. The van der Waals surface area contributed by atoms with Gasteiger partial charge in [-0.25, -0.2) is 4.98 Å². The van der Waals surface area contributed by atoms with Gasteiger partial charge in [-0.1, -0.05) is 12.1 Å². The highest BCUT2D eigenvalue weighted by molar-refractivity contribution is 6.04. The average molecular weight is 392 g/mol. The number of halogens is 3. The summed E-state index contributed by atoms with van der Waals surface area (Å²) in [6.07, 6.45) is -2.78. The molecule has 28 heavy (non-hydrogen) atoms. The summed E-state index contributed by atoms with van der Waals surface area (Å²) in [4.78, 5) is 30.3. The highest BCUT2D eigenvalue weighted by Gasteiger charge is 2.46. The Labute approximate surface area is 157 Å². The van der Waals surface area contributed by atoms with E-state index in [4.69, 9.17) is 0 Å². The number of amides is 1. The molecular formula is C19H15F3N2O4. The summed E-state index contributed by atoms with van der Waals surface area (Å²) in [6.45, 7) is 0.223. The van der Waals surface area contributed by atoms with Crippen molar-refractivity contribution >= 4 is 11.7 Å². The van der Waals surface area contributed by atoms with E-state index in [0.29, 0.717) is 5.56 Å². The van der Waals surface area contributed by atoms with Crippen LogP contribution in [0.1, 0.15) is 17.0 Å². The zero-order valence-corrected chi connectivity index (χ0v) is 14.7. The molecule has 0 aliphatic carbocycles. The van der Waals surface area contributed by atoms with E-state index >= 15 is 0 Å². The number of ether oxygens (including phenoxy) is 2. The Morgan fingerprint density at radius 3 is 2.79 bits per heavy atom. The van der Waals surface area contributed by atoms with Crippen molar-refractivity contribution in [2.45, 2.75) is 18.6 Å². The lowest BCUT2D eigenvalue weighted by molar-refractivity contribution is -0.286. The van der Waals surface area contributed by atoms with Crippen molar-refractivity contribution in [1.29, 1.82) is 0 Å². The van der Waals surface area contributed by atoms with Crippen LogP contribution in [0.25, 0.3) is 0 Å². The third-order valence-corrected chi connectivity index (χ3v) is 4.92. The van der Waals surface area contributed by atoms with Gasteiger partial charge >= 0.3 is 6.29 Å². The van der Waals surface area contributed by atoms with Crippen LogP contribution in [0.15, 0.2) is 36.5 Å². The van der Waals surface area contributed by atoms with E-state index in [0.717, 1.165) is 0 Å². The Hall–Kier alpha value is -3.10. The number of hydrogen-bond donors (Lipinski definition) is 0. The molecule has 0 N–H and O–H groups in total. The van der Waals surface area contributed by atoms with Gasteiger partial charge in [0.15, 0.2) is 17.3 Å². The predicted molar refractivity (Wildman–Crippen MR) is 89.4 cm³/mol. The largest absolute Gasteiger partial charge is 0.586 e. The van der Waals surface area contributed by atoms with E-state index < -0.39 is 35.8 Å². The molecule has 2 aliphatic heterocycles. The topological polar surface area (TPSA) is 68.7 Å². The van der Waals surface area contributed by atoms with Gasteiger partial charge in [-0.15, -0.1) is 8.78 Å². The number of benzene rings is 1. The lowest BCUT2D eigenvalue weighted by atomic mass is 9.84. The fourth-order valence-corrected chi connectivity index (χ4v) is 3.61. The number of carbonyl (C=O) groups is 2. The molecule has 0 bridgehead atoms. The maximum absolute atomic E-state index is 13.8. The molecule has 0 saturated carbocycles. The first kappa shape index (κ1) is 18.3. The first-order chi connectivity index (χ1) is 13.2. The minimum atomic E-state index is -3.75. The van der Waals surface area contributed by atoms with Crippen molar-refractivity contribution in [3.8, 4) is 11.5 Å². The first-order valence-electron chi connectivity index (χ1n) is 8.52. The van der Waals surface area contributed by atoms with E-state index in [9.17, 15) is 22.8 Å². The van der Waals surface area contributed by atoms with E-state index in [2.05, 4.69) is 14.5 Å². The van der Waals surface area contributed by atoms with Crippen LogP contribution in [-0.2, 0) is 16.0 Å². The van der Waals surface area contributed by atoms with Gasteiger partial charge in [0.05, 0.1) is 0 Å². The fraction of sp³-hybridized carbons (Fsp3) is 0.316. The van der Waals surface area contributed by atoms with Crippen LogP contribution in [0.4, 0.5) is 13.2 Å². The van der Waals surface area contributed by atoms with Crippen LogP contribution in [0.3, 0.4) is 0 Å². The number of pyridine rings is 1. The number of ketones is 1. The van der Waals surface area contributed by atoms with Crippen molar-refractivity contribution in [2.75, 3.05) is 13.6 Å². The minimum absolute atomic E-state index is 0.0962. The van der Waals surface area contributed by atoms with Gasteiger partial charge in [0.1, 0.15) is 5.92 Å². The molecule has 0 radical (unpaired) electrons. The van der Waals surface area contributed by atoms with E-state index in [1.807, 2.05) is 0 Å². The van der Waals surface area contributed by atoms with Crippen LogP contribution in [-0.4, -0.2) is 41.5 Å². The quantitative estimate of drug-likeness (QED) is 0.591. The first-order valence-corrected chi connectivity index (χ1v) is 8.52. The molecule has 0 spiro atoms. The van der Waals surface area contributed by atoms with Crippen molar-refractivity contribution in [3.63, 3.8) is 0 Å². The number of likely N-dealkylation sites (tertiary alicyclic amines) is 1. The highest BCUT2D eigenvalue weighted by atomic mass is 19.3. The molecule has 146 valence electrons. The van der Waals surface area contributed by atoms with Gasteiger partial charge in [0.2, 0.25) is 11.9 Å². The van der Waals surface area contributed by atoms with E-state index in [-0.39, 0.29) is 30.0 Å². The third-order valence-electron chi connectivity index (χ3n) is 4.92. The second-order valence-corrected chi connectivity index (χ2v) is 6.77. The predicted octanol–water partition coefficient (Wildman–Crippen LogP) is 2.53. The summed E-state index contributed by atoms with van der Waals surface area (Å²) in [5.74, 6) is -3.54. The highest BCUT2D eigenvalue weighted by Crippen LogP contribution is 2.44. The van der Waals surface area contributed by atoms with Crippen LogP contribution >= 0.6 is 0 Å². The number of nitrogens with zero attached hydrogens (tertiary/aromatic N) is 2. The van der Waals surface area contributed by atoms with Crippen molar-refractivity contribution in [3.05, 3.63) is 53.6 Å². The third kappa shape index (κ3) is 3.17. The summed E-state index contributed by atoms with van der Waals surface area (Å²) in [5.41, 5.74) is 0.585. The summed E-state index contributed by atoms with van der Waals surface area (Å²) in [6, 6.07) is 7.12. The van der Waals surface area contributed by atoms with Gasteiger partial charge in [0.25, 0.3) is 0 Å². The number of hydrogen-bond acceptors (Lipinski definition) is 5.